The molecular weight excluding hydrogens is 413 g/mol. The van der Waals surface area contributed by atoms with Crippen molar-refractivity contribution < 1.29 is 4.39 Å². The van der Waals surface area contributed by atoms with Crippen LogP contribution in [0.4, 0.5) is 10.1 Å². The Morgan fingerprint density at radius 3 is 2.57 bits per heavy atom. The predicted molar refractivity (Wildman–Crippen MR) is 123 cm³/mol. The zero-order valence-electron chi connectivity index (χ0n) is 16.5. The highest BCUT2D eigenvalue weighted by molar-refractivity contribution is 7.18. The number of halogens is 2. The van der Waals surface area contributed by atoms with E-state index in [9.17, 15) is 4.39 Å². The van der Waals surface area contributed by atoms with Crippen LogP contribution in [0.2, 0.25) is 5.15 Å². The fraction of sp³-hybridized carbons (Fsp3) is 0.476. The Balaban J connectivity index is 0.000000261. The Bertz CT molecular complexity index is 815. The summed E-state index contributed by atoms with van der Waals surface area (Å²) in [6, 6.07) is 6.41. The zero-order chi connectivity index (χ0) is 20.4. The van der Waals surface area contributed by atoms with E-state index < -0.39 is 6.67 Å². The number of fused-ring (bicyclic) bond motifs is 1. The Kier molecular flexibility index (Phi) is 10.2. The highest BCUT2D eigenvalue weighted by Crippen LogP contribution is 2.33. The quantitative estimate of drug-likeness (QED) is 0.414. The van der Waals surface area contributed by atoms with Gasteiger partial charge in [-0.15, -0.1) is 22.7 Å². The molecule has 7 heteroatoms. The number of hydrogen-bond acceptors (Lipinski definition) is 5. The van der Waals surface area contributed by atoms with Crippen LogP contribution in [-0.2, 0) is 13.2 Å². The van der Waals surface area contributed by atoms with Crippen LogP contribution in [0.25, 0.3) is 10.2 Å². The summed E-state index contributed by atoms with van der Waals surface area (Å²) in [7, 11) is 0. The van der Waals surface area contributed by atoms with Crippen molar-refractivity contribution in [1.82, 2.24) is 4.98 Å². The van der Waals surface area contributed by atoms with Crippen molar-refractivity contribution in [3.05, 3.63) is 44.6 Å². The second-order valence-corrected chi connectivity index (χ2v) is 8.69. The van der Waals surface area contributed by atoms with E-state index in [1.54, 1.807) is 22.8 Å². The van der Waals surface area contributed by atoms with E-state index in [1.807, 2.05) is 25.3 Å². The van der Waals surface area contributed by atoms with Crippen LogP contribution in [-0.4, -0.2) is 11.0 Å². The summed E-state index contributed by atoms with van der Waals surface area (Å²) in [6.07, 6.45) is 6.66. The molecule has 154 valence electrons. The molecule has 0 bridgehead atoms. The fourth-order valence-electron chi connectivity index (χ4n) is 2.98. The lowest BCUT2D eigenvalue weighted by Gasteiger charge is -2.15. The van der Waals surface area contributed by atoms with Gasteiger partial charge in [0.15, 0.2) is 0 Å². The second kappa shape index (κ2) is 12.4. The van der Waals surface area contributed by atoms with Crippen molar-refractivity contribution in [2.45, 2.75) is 65.2 Å². The molecule has 0 aromatic carbocycles. The van der Waals surface area contributed by atoms with Gasteiger partial charge in [0.05, 0.1) is 15.9 Å². The molecule has 0 saturated heterocycles. The standard InChI is InChI=1S/C13H10ClFN2S2.C6H13N.C2H6/c14-11-4-10(16-6-9-2-1-3-18-9)13-12(17-11)8(5-15)7-19-13;7-6-4-2-1-3-5-6;1-2/h1-4,7H,5-6H2,(H,16,17);6H,1-5,7H2;1-2H3. The second-order valence-electron chi connectivity index (χ2n) is 6.40. The molecule has 0 radical (unpaired) electrons. The molecule has 0 atom stereocenters. The lowest BCUT2D eigenvalue weighted by atomic mass is 9.97. The first-order chi connectivity index (χ1) is 13.7. The van der Waals surface area contributed by atoms with Gasteiger partial charge in [-0.05, 0) is 29.7 Å². The topological polar surface area (TPSA) is 50.9 Å². The normalized spacial score (nSPS) is 14.0. The average molecular weight is 442 g/mol. The van der Waals surface area contributed by atoms with Gasteiger partial charge >= 0.3 is 0 Å². The van der Waals surface area contributed by atoms with E-state index in [4.69, 9.17) is 17.3 Å². The van der Waals surface area contributed by atoms with E-state index in [1.165, 1.54) is 48.3 Å². The maximum absolute atomic E-state index is 12.9. The number of nitrogens with one attached hydrogen (secondary N) is 1. The molecule has 0 spiro atoms. The number of thiophene rings is 2. The molecule has 0 aliphatic heterocycles. The molecule has 4 rings (SSSR count). The molecule has 3 N–H and O–H groups in total. The molecule has 1 aliphatic carbocycles. The smallest absolute Gasteiger partial charge is 0.131 e. The molecule has 1 saturated carbocycles. The third-order valence-corrected chi connectivity index (χ3v) is 6.51. The molecular formula is C21H29ClFN3S2. The van der Waals surface area contributed by atoms with Crippen LogP contribution < -0.4 is 11.1 Å². The van der Waals surface area contributed by atoms with Crippen molar-refractivity contribution in [3.63, 3.8) is 0 Å². The van der Waals surface area contributed by atoms with Crippen LogP contribution >= 0.6 is 34.3 Å². The molecule has 3 aromatic heterocycles. The van der Waals surface area contributed by atoms with E-state index in [0.717, 1.165) is 16.9 Å². The van der Waals surface area contributed by atoms with Crippen LogP contribution in [0, 0.1) is 0 Å². The van der Waals surface area contributed by atoms with Gasteiger partial charge in [-0.1, -0.05) is 50.8 Å². The predicted octanol–water partition coefficient (Wildman–Crippen LogP) is 7.40. The van der Waals surface area contributed by atoms with Gasteiger partial charge in [0.1, 0.15) is 11.8 Å². The first-order valence-corrected chi connectivity index (χ1v) is 12.0. The lowest BCUT2D eigenvalue weighted by Crippen LogP contribution is -2.22. The first kappa shape index (κ1) is 23.1. The van der Waals surface area contributed by atoms with Crippen LogP contribution in [0.1, 0.15) is 56.4 Å². The van der Waals surface area contributed by atoms with Crippen LogP contribution in [0.5, 0.6) is 0 Å². The van der Waals surface area contributed by atoms with Crippen molar-refractivity contribution in [1.29, 1.82) is 0 Å². The number of nitrogens with zero attached hydrogens (tertiary/aromatic N) is 1. The van der Waals surface area contributed by atoms with Crippen molar-refractivity contribution >= 4 is 50.2 Å². The number of rotatable bonds is 4. The Morgan fingerprint density at radius 2 is 2.00 bits per heavy atom. The third-order valence-electron chi connectivity index (χ3n) is 4.39. The van der Waals surface area contributed by atoms with Crippen molar-refractivity contribution in [3.8, 4) is 0 Å². The molecule has 3 heterocycles. The number of pyridine rings is 1. The van der Waals surface area contributed by atoms with E-state index >= 15 is 0 Å². The molecule has 1 aliphatic rings. The SMILES string of the molecule is CC.FCc1csc2c(NCc3cccs3)cc(Cl)nc12.NC1CCCCC1. The molecule has 0 amide bonds. The summed E-state index contributed by atoms with van der Waals surface area (Å²) in [5, 5.41) is 7.56. The van der Waals surface area contributed by atoms with Crippen LogP contribution in [0.15, 0.2) is 29.0 Å². The summed E-state index contributed by atoms with van der Waals surface area (Å²) in [5.41, 5.74) is 7.80. The zero-order valence-corrected chi connectivity index (χ0v) is 18.9. The van der Waals surface area contributed by atoms with Gasteiger partial charge in [-0.25, -0.2) is 9.37 Å². The molecule has 3 nitrogen and oxygen atoms in total. The van der Waals surface area contributed by atoms with Gasteiger partial charge in [-0.2, -0.15) is 0 Å². The van der Waals surface area contributed by atoms with Crippen molar-refractivity contribution in [2.75, 3.05) is 5.32 Å². The number of nitrogens with two attached hydrogens (primary N) is 1. The Hall–Kier alpha value is -1.21. The first-order valence-electron chi connectivity index (χ1n) is 9.81. The summed E-state index contributed by atoms with van der Waals surface area (Å²) < 4.78 is 13.8. The van der Waals surface area contributed by atoms with E-state index in [2.05, 4.69) is 16.4 Å². The third kappa shape index (κ3) is 6.69. The molecule has 28 heavy (non-hydrogen) atoms. The summed E-state index contributed by atoms with van der Waals surface area (Å²) in [6.45, 7) is 4.22. The van der Waals surface area contributed by atoms with E-state index in [-0.39, 0.29) is 0 Å². The van der Waals surface area contributed by atoms with Gasteiger partial charge < -0.3 is 11.1 Å². The van der Waals surface area contributed by atoms with Gasteiger partial charge in [0.25, 0.3) is 0 Å². The maximum Gasteiger partial charge on any atom is 0.131 e. The largest absolute Gasteiger partial charge is 0.379 e. The minimum absolute atomic E-state index is 0.384. The van der Waals surface area contributed by atoms with Crippen LogP contribution in [0.3, 0.4) is 0 Å². The summed E-state index contributed by atoms with van der Waals surface area (Å²) in [4.78, 5) is 5.45. The van der Waals surface area contributed by atoms with Crippen molar-refractivity contribution in [2.24, 2.45) is 5.73 Å². The fourth-order valence-corrected chi connectivity index (χ4v) is 4.80. The highest BCUT2D eigenvalue weighted by atomic mass is 35.5. The number of anilines is 1. The minimum atomic E-state index is -0.516. The molecule has 0 unspecified atom stereocenters. The highest BCUT2D eigenvalue weighted by Gasteiger charge is 2.11. The minimum Gasteiger partial charge on any atom is -0.379 e. The number of alkyl halides is 1. The summed E-state index contributed by atoms with van der Waals surface area (Å²) >= 11 is 9.19. The van der Waals surface area contributed by atoms with Gasteiger partial charge in [0.2, 0.25) is 0 Å². The Morgan fingerprint density at radius 1 is 1.25 bits per heavy atom. The summed E-state index contributed by atoms with van der Waals surface area (Å²) in [5.74, 6) is 0. The number of hydrogen-bond donors (Lipinski definition) is 2. The average Bonchev–Trinajstić information content (AvgIpc) is 3.38. The van der Waals surface area contributed by atoms with E-state index in [0.29, 0.717) is 22.3 Å². The molecule has 1 fully saturated rings. The van der Waals surface area contributed by atoms with Gasteiger partial charge in [-0.3, -0.25) is 0 Å². The lowest BCUT2D eigenvalue weighted by molar-refractivity contribution is 0.441. The number of aromatic nitrogens is 1. The maximum atomic E-state index is 12.9. The molecule has 3 aromatic rings. The monoisotopic (exact) mass is 441 g/mol. The van der Waals surface area contributed by atoms with Gasteiger partial charge in [0, 0.05) is 29.1 Å². The Labute approximate surface area is 180 Å².